The third-order valence-electron chi connectivity index (χ3n) is 2.40. The number of aromatic nitrogens is 1. The number of anilines is 1. The molecule has 0 aliphatic rings. The fourth-order valence-electron chi connectivity index (χ4n) is 1.44. The van der Waals surface area contributed by atoms with Gasteiger partial charge >= 0.3 is 0 Å². The second-order valence-corrected chi connectivity index (χ2v) is 7.33. The monoisotopic (exact) mass is 404 g/mol. The molecule has 2 aromatic rings. The third-order valence-corrected chi connectivity index (χ3v) is 5.14. The van der Waals surface area contributed by atoms with Crippen LogP contribution in [0.3, 0.4) is 0 Å². The van der Waals surface area contributed by atoms with Crippen LogP contribution in [0, 0.1) is 6.92 Å². The Kier molecular flexibility index (Phi) is 4.27. The molecule has 0 bridgehead atoms. The van der Waals surface area contributed by atoms with Crippen molar-refractivity contribution in [3.05, 3.63) is 51.0 Å². The summed E-state index contributed by atoms with van der Waals surface area (Å²) in [6, 6.07) is 8.17. The summed E-state index contributed by atoms with van der Waals surface area (Å²) < 4.78 is 28.5. The zero-order valence-electron chi connectivity index (χ0n) is 9.89. The molecule has 0 radical (unpaired) electrons. The highest BCUT2D eigenvalue weighted by Crippen LogP contribution is 2.22. The average Bonchev–Trinajstić information content (AvgIpc) is 2.32. The molecule has 1 aromatic carbocycles. The molecule has 0 unspecified atom stereocenters. The molecule has 0 spiro atoms. The maximum atomic E-state index is 12.2. The second kappa shape index (κ2) is 5.60. The van der Waals surface area contributed by atoms with Crippen LogP contribution in [0.15, 0.2) is 50.4 Å². The van der Waals surface area contributed by atoms with E-state index in [-0.39, 0.29) is 10.7 Å². The molecule has 0 saturated carbocycles. The topological polar surface area (TPSA) is 59.1 Å². The van der Waals surface area contributed by atoms with Gasteiger partial charge in [0.25, 0.3) is 10.0 Å². The molecule has 1 N–H and O–H groups in total. The SMILES string of the molecule is Cc1cc(S(=O)(=O)Nc2cc(Br)ccn2)ccc1Br. The minimum absolute atomic E-state index is 0.204. The molecule has 7 heteroatoms. The van der Waals surface area contributed by atoms with E-state index in [0.717, 1.165) is 14.5 Å². The number of nitrogens with zero attached hydrogens (tertiary/aromatic N) is 1. The molecule has 0 atom stereocenters. The van der Waals surface area contributed by atoms with Crippen molar-refractivity contribution in [2.24, 2.45) is 0 Å². The lowest BCUT2D eigenvalue weighted by molar-refractivity contribution is 0.601. The first-order chi connectivity index (χ1) is 8.88. The maximum Gasteiger partial charge on any atom is 0.263 e. The quantitative estimate of drug-likeness (QED) is 0.846. The molecule has 1 aromatic heterocycles. The van der Waals surface area contributed by atoms with Crippen molar-refractivity contribution in [1.82, 2.24) is 4.98 Å². The van der Waals surface area contributed by atoms with Gasteiger partial charge in [-0.25, -0.2) is 13.4 Å². The van der Waals surface area contributed by atoms with Crippen LogP contribution in [0.4, 0.5) is 5.82 Å². The lowest BCUT2D eigenvalue weighted by Crippen LogP contribution is -2.14. The first-order valence-electron chi connectivity index (χ1n) is 5.29. The van der Waals surface area contributed by atoms with E-state index >= 15 is 0 Å². The Morgan fingerprint density at radius 3 is 2.53 bits per heavy atom. The second-order valence-electron chi connectivity index (χ2n) is 3.88. The molecule has 100 valence electrons. The van der Waals surface area contributed by atoms with Gasteiger partial charge in [-0.15, -0.1) is 0 Å². The predicted molar refractivity (Wildman–Crippen MR) is 81.6 cm³/mol. The summed E-state index contributed by atoms with van der Waals surface area (Å²) in [5.74, 6) is 0.273. The summed E-state index contributed by atoms with van der Waals surface area (Å²) in [6.45, 7) is 1.83. The highest BCUT2D eigenvalue weighted by atomic mass is 79.9. The molecule has 0 aliphatic heterocycles. The number of sulfonamides is 1. The Morgan fingerprint density at radius 1 is 1.16 bits per heavy atom. The van der Waals surface area contributed by atoms with Gasteiger partial charge in [0.15, 0.2) is 0 Å². The molecule has 0 fully saturated rings. The number of hydrogen-bond acceptors (Lipinski definition) is 3. The molecular formula is C12H10Br2N2O2S. The van der Waals surface area contributed by atoms with Gasteiger partial charge in [0.05, 0.1) is 4.90 Å². The van der Waals surface area contributed by atoms with Crippen LogP contribution >= 0.6 is 31.9 Å². The third kappa shape index (κ3) is 3.55. The van der Waals surface area contributed by atoms with Gasteiger partial charge in [0, 0.05) is 15.1 Å². The first kappa shape index (κ1) is 14.5. The smallest absolute Gasteiger partial charge is 0.263 e. The van der Waals surface area contributed by atoms with Crippen molar-refractivity contribution >= 4 is 47.7 Å². The zero-order valence-corrected chi connectivity index (χ0v) is 13.9. The number of benzene rings is 1. The average molecular weight is 406 g/mol. The van der Waals surface area contributed by atoms with Crippen LogP contribution < -0.4 is 4.72 Å². The number of aryl methyl sites for hydroxylation is 1. The van der Waals surface area contributed by atoms with Crippen molar-refractivity contribution in [2.45, 2.75) is 11.8 Å². The molecular weight excluding hydrogens is 396 g/mol. The first-order valence-corrected chi connectivity index (χ1v) is 8.36. The van der Waals surface area contributed by atoms with Crippen molar-refractivity contribution in [2.75, 3.05) is 4.72 Å². The normalized spacial score (nSPS) is 11.3. The van der Waals surface area contributed by atoms with Gasteiger partial charge in [-0.3, -0.25) is 4.72 Å². The summed E-state index contributed by atoms with van der Waals surface area (Å²) in [6.07, 6.45) is 1.52. The Morgan fingerprint density at radius 2 is 1.89 bits per heavy atom. The largest absolute Gasteiger partial charge is 0.263 e. The minimum atomic E-state index is -3.62. The molecule has 1 heterocycles. The van der Waals surface area contributed by atoms with E-state index in [0.29, 0.717) is 0 Å². The molecule has 19 heavy (non-hydrogen) atoms. The van der Waals surface area contributed by atoms with Crippen LogP contribution in [0.5, 0.6) is 0 Å². The van der Waals surface area contributed by atoms with Crippen LogP contribution in [0.2, 0.25) is 0 Å². The number of pyridine rings is 1. The van der Waals surface area contributed by atoms with Crippen molar-refractivity contribution in [3.63, 3.8) is 0 Å². The number of hydrogen-bond donors (Lipinski definition) is 1. The lowest BCUT2D eigenvalue weighted by Gasteiger charge is -2.08. The highest BCUT2D eigenvalue weighted by molar-refractivity contribution is 9.10. The molecule has 0 amide bonds. The van der Waals surface area contributed by atoms with Gasteiger partial charge < -0.3 is 0 Å². The highest BCUT2D eigenvalue weighted by Gasteiger charge is 2.15. The van der Waals surface area contributed by atoms with Crippen LogP contribution in [-0.4, -0.2) is 13.4 Å². The van der Waals surface area contributed by atoms with Crippen molar-refractivity contribution in [3.8, 4) is 0 Å². The molecule has 0 saturated heterocycles. The van der Waals surface area contributed by atoms with Crippen LogP contribution in [0.25, 0.3) is 0 Å². The van der Waals surface area contributed by atoms with Gasteiger partial charge in [0.2, 0.25) is 0 Å². The Balaban J connectivity index is 2.35. The Bertz CT molecular complexity index is 717. The molecule has 0 aliphatic carbocycles. The van der Waals surface area contributed by atoms with E-state index in [1.165, 1.54) is 12.3 Å². The minimum Gasteiger partial charge on any atom is -0.263 e. The number of nitrogens with one attached hydrogen (secondary N) is 1. The van der Waals surface area contributed by atoms with Gasteiger partial charge in [0.1, 0.15) is 5.82 Å². The fourth-order valence-corrected chi connectivity index (χ4v) is 3.11. The zero-order chi connectivity index (χ0) is 14.0. The van der Waals surface area contributed by atoms with Gasteiger partial charge in [-0.05, 0) is 42.8 Å². The predicted octanol–water partition coefficient (Wildman–Crippen LogP) is 3.72. The summed E-state index contributed by atoms with van der Waals surface area (Å²) in [7, 11) is -3.62. The van der Waals surface area contributed by atoms with Crippen LogP contribution in [-0.2, 0) is 10.0 Å². The van der Waals surface area contributed by atoms with Gasteiger partial charge in [-0.2, -0.15) is 0 Å². The standard InChI is InChI=1S/C12H10Br2N2O2S/c1-8-6-10(2-3-11(8)14)19(17,18)16-12-7-9(13)4-5-15-12/h2-7H,1H3,(H,15,16). The fraction of sp³-hybridized carbons (Fsp3) is 0.0833. The van der Waals surface area contributed by atoms with Crippen molar-refractivity contribution in [1.29, 1.82) is 0 Å². The maximum absolute atomic E-state index is 12.2. The van der Waals surface area contributed by atoms with E-state index in [9.17, 15) is 8.42 Å². The summed E-state index contributed by atoms with van der Waals surface area (Å²) in [5, 5.41) is 0. The summed E-state index contributed by atoms with van der Waals surface area (Å²) in [4.78, 5) is 4.16. The van der Waals surface area contributed by atoms with Crippen molar-refractivity contribution < 1.29 is 8.42 Å². The Labute approximate surface area is 128 Å². The van der Waals surface area contributed by atoms with Gasteiger partial charge in [-0.1, -0.05) is 31.9 Å². The molecule has 2 rings (SSSR count). The number of halogens is 2. The van der Waals surface area contributed by atoms with E-state index < -0.39 is 10.0 Å². The van der Waals surface area contributed by atoms with Crippen LogP contribution in [0.1, 0.15) is 5.56 Å². The van der Waals surface area contributed by atoms with E-state index in [1.807, 2.05) is 6.92 Å². The lowest BCUT2D eigenvalue weighted by atomic mass is 10.2. The van der Waals surface area contributed by atoms with E-state index in [1.54, 1.807) is 24.3 Å². The summed E-state index contributed by atoms with van der Waals surface area (Å²) in [5.41, 5.74) is 0.852. The van der Waals surface area contributed by atoms with E-state index in [2.05, 4.69) is 41.6 Å². The van der Waals surface area contributed by atoms with E-state index in [4.69, 9.17) is 0 Å². The Hall–Kier alpha value is -0.920. The summed E-state index contributed by atoms with van der Waals surface area (Å²) >= 11 is 6.60. The number of rotatable bonds is 3. The molecule has 4 nitrogen and oxygen atoms in total.